The van der Waals surface area contributed by atoms with Crippen LogP contribution in [-0.4, -0.2) is 19.8 Å². The molecule has 0 saturated heterocycles. The summed E-state index contributed by atoms with van der Waals surface area (Å²) >= 11 is 0. The first-order chi connectivity index (χ1) is 8.71. The molecule has 1 N–H and O–H groups in total. The molecular formula is C14H20N2O2. The van der Waals surface area contributed by atoms with E-state index in [0.29, 0.717) is 6.54 Å². The van der Waals surface area contributed by atoms with Gasteiger partial charge in [0.05, 0.1) is 7.11 Å². The third kappa shape index (κ3) is 4.27. The van der Waals surface area contributed by atoms with E-state index >= 15 is 0 Å². The highest BCUT2D eigenvalue weighted by Gasteiger charge is 2.08. The van der Waals surface area contributed by atoms with Crippen molar-refractivity contribution in [3.63, 3.8) is 0 Å². The van der Waals surface area contributed by atoms with Crippen LogP contribution < -0.4 is 14.8 Å². The van der Waals surface area contributed by atoms with Crippen LogP contribution in [0.2, 0.25) is 0 Å². The van der Waals surface area contributed by atoms with Gasteiger partial charge in [0.2, 0.25) is 0 Å². The van der Waals surface area contributed by atoms with Crippen molar-refractivity contribution in [2.75, 3.05) is 13.7 Å². The molecule has 0 aliphatic carbocycles. The number of nitrogens with zero attached hydrogens (tertiary/aromatic N) is 1. The van der Waals surface area contributed by atoms with Crippen molar-refractivity contribution in [3.8, 4) is 17.6 Å². The summed E-state index contributed by atoms with van der Waals surface area (Å²) in [6.07, 6.45) is 0.623. The molecule has 1 unspecified atom stereocenters. The molecule has 4 heteroatoms. The summed E-state index contributed by atoms with van der Waals surface area (Å²) in [7, 11) is 1.64. The number of methoxy groups -OCH3 is 1. The maximum Gasteiger partial charge on any atom is 0.181 e. The van der Waals surface area contributed by atoms with Gasteiger partial charge in [0.25, 0.3) is 0 Å². The zero-order valence-electron chi connectivity index (χ0n) is 11.2. The van der Waals surface area contributed by atoms with Crippen LogP contribution in [0.4, 0.5) is 0 Å². The number of benzene rings is 1. The van der Waals surface area contributed by atoms with Gasteiger partial charge < -0.3 is 14.8 Å². The van der Waals surface area contributed by atoms with Crippen molar-refractivity contribution in [1.82, 2.24) is 5.32 Å². The average molecular weight is 248 g/mol. The number of ether oxygens (including phenoxy) is 2. The van der Waals surface area contributed by atoms with E-state index in [1.54, 1.807) is 14.0 Å². The van der Waals surface area contributed by atoms with Crippen molar-refractivity contribution in [1.29, 1.82) is 5.26 Å². The number of hydrogen-bond acceptors (Lipinski definition) is 4. The zero-order valence-corrected chi connectivity index (χ0v) is 11.2. The Bertz CT molecular complexity index is 413. The number of rotatable bonds is 7. The molecule has 0 aliphatic heterocycles. The molecule has 0 heterocycles. The van der Waals surface area contributed by atoms with Gasteiger partial charge >= 0.3 is 0 Å². The minimum Gasteiger partial charge on any atom is -0.497 e. The Hall–Kier alpha value is -1.73. The molecule has 18 heavy (non-hydrogen) atoms. The van der Waals surface area contributed by atoms with E-state index in [9.17, 15) is 0 Å². The van der Waals surface area contributed by atoms with Gasteiger partial charge in [-0.15, -0.1) is 0 Å². The second-order valence-corrected chi connectivity index (χ2v) is 4.04. The SMILES string of the molecule is CCCNCc1cc(OC)ccc1OC(C)C#N. The zero-order chi connectivity index (χ0) is 13.4. The molecule has 98 valence electrons. The summed E-state index contributed by atoms with van der Waals surface area (Å²) in [6, 6.07) is 7.67. The Morgan fingerprint density at radius 2 is 2.22 bits per heavy atom. The first-order valence-electron chi connectivity index (χ1n) is 6.15. The molecule has 0 radical (unpaired) electrons. The van der Waals surface area contributed by atoms with E-state index < -0.39 is 6.10 Å². The van der Waals surface area contributed by atoms with Gasteiger partial charge in [-0.25, -0.2) is 0 Å². The van der Waals surface area contributed by atoms with Crippen molar-refractivity contribution < 1.29 is 9.47 Å². The Morgan fingerprint density at radius 3 is 2.83 bits per heavy atom. The summed E-state index contributed by atoms with van der Waals surface area (Å²) in [6.45, 7) is 5.50. The molecule has 4 nitrogen and oxygen atoms in total. The van der Waals surface area contributed by atoms with E-state index in [2.05, 4.69) is 18.3 Å². The normalized spacial score (nSPS) is 11.7. The highest BCUT2D eigenvalue weighted by molar-refractivity contribution is 5.40. The molecule has 0 spiro atoms. The van der Waals surface area contributed by atoms with E-state index in [1.165, 1.54) is 0 Å². The lowest BCUT2D eigenvalue weighted by Crippen LogP contribution is -2.16. The van der Waals surface area contributed by atoms with Crippen molar-refractivity contribution in [2.24, 2.45) is 0 Å². The van der Waals surface area contributed by atoms with Crippen LogP contribution in [0.25, 0.3) is 0 Å². The van der Waals surface area contributed by atoms with Crippen LogP contribution in [0, 0.1) is 11.3 Å². The van der Waals surface area contributed by atoms with Crippen LogP contribution in [-0.2, 0) is 6.54 Å². The summed E-state index contributed by atoms with van der Waals surface area (Å²) < 4.78 is 10.8. The molecule has 0 aliphatic rings. The Morgan fingerprint density at radius 1 is 1.44 bits per heavy atom. The van der Waals surface area contributed by atoms with E-state index in [4.69, 9.17) is 14.7 Å². The molecule has 1 rings (SSSR count). The lowest BCUT2D eigenvalue weighted by Gasteiger charge is -2.14. The van der Waals surface area contributed by atoms with Crippen LogP contribution >= 0.6 is 0 Å². The molecule has 0 aromatic heterocycles. The number of nitriles is 1. The van der Waals surface area contributed by atoms with Crippen molar-refractivity contribution >= 4 is 0 Å². The average Bonchev–Trinajstić information content (AvgIpc) is 2.40. The highest BCUT2D eigenvalue weighted by atomic mass is 16.5. The minimum absolute atomic E-state index is 0.455. The van der Waals surface area contributed by atoms with Gasteiger partial charge in [-0.1, -0.05) is 6.92 Å². The van der Waals surface area contributed by atoms with Gasteiger partial charge in [-0.2, -0.15) is 5.26 Å². The van der Waals surface area contributed by atoms with Gasteiger partial charge in [-0.05, 0) is 38.1 Å². The van der Waals surface area contributed by atoms with Crippen molar-refractivity contribution in [2.45, 2.75) is 32.9 Å². The first-order valence-corrected chi connectivity index (χ1v) is 6.15. The molecule has 1 atom stereocenters. The predicted molar refractivity (Wildman–Crippen MR) is 70.7 cm³/mol. The standard InChI is InChI=1S/C14H20N2O2/c1-4-7-16-10-12-8-13(17-3)5-6-14(12)18-11(2)9-15/h5-6,8,11,16H,4,7,10H2,1-3H3. The fourth-order valence-corrected chi connectivity index (χ4v) is 1.55. The monoisotopic (exact) mass is 248 g/mol. The molecule has 0 amide bonds. The summed E-state index contributed by atoms with van der Waals surface area (Å²) in [5.41, 5.74) is 1.00. The number of nitrogens with one attached hydrogen (secondary N) is 1. The summed E-state index contributed by atoms with van der Waals surface area (Å²) in [5.74, 6) is 1.52. The van der Waals surface area contributed by atoms with Gasteiger partial charge in [0.15, 0.2) is 6.10 Å². The maximum absolute atomic E-state index is 8.79. The Labute approximate surface area is 109 Å². The first kappa shape index (κ1) is 14.3. The third-order valence-electron chi connectivity index (χ3n) is 2.50. The van der Waals surface area contributed by atoms with Gasteiger partial charge in [0.1, 0.15) is 17.6 Å². The number of hydrogen-bond donors (Lipinski definition) is 1. The molecule has 0 fully saturated rings. The lowest BCUT2D eigenvalue weighted by molar-refractivity contribution is 0.272. The fraction of sp³-hybridized carbons (Fsp3) is 0.500. The minimum atomic E-state index is -0.455. The topological polar surface area (TPSA) is 54.3 Å². The lowest BCUT2D eigenvalue weighted by atomic mass is 10.2. The molecule has 1 aromatic carbocycles. The van der Waals surface area contributed by atoms with Crippen LogP contribution in [0.3, 0.4) is 0 Å². The second-order valence-electron chi connectivity index (χ2n) is 4.04. The quantitative estimate of drug-likeness (QED) is 0.753. The van der Waals surface area contributed by atoms with Crippen LogP contribution in [0.5, 0.6) is 11.5 Å². The second kappa shape index (κ2) is 7.57. The Kier molecular flexibility index (Phi) is 6.03. The fourth-order valence-electron chi connectivity index (χ4n) is 1.55. The third-order valence-corrected chi connectivity index (χ3v) is 2.50. The molecule has 0 saturated carbocycles. The van der Waals surface area contributed by atoms with Gasteiger partial charge in [0, 0.05) is 12.1 Å². The van der Waals surface area contributed by atoms with E-state index in [0.717, 1.165) is 30.0 Å². The van der Waals surface area contributed by atoms with E-state index in [1.807, 2.05) is 18.2 Å². The van der Waals surface area contributed by atoms with E-state index in [-0.39, 0.29) is 0 Å². The molecule has 0 bridgehead atoms. The highest BCUT2D eigenvalue weighted by Crippen LogP contribution is 2.25. The predicted octanol–water partition coefficient (Wildman–Crippen LogP) is 2.49. The van der Waals surface area contributed by atoms with Gasteiger partial charge in [-0.3, -0.25) is 0 Å². The summed E-state index contributed by atoms with van der Waals surface area (Å²) in [4.78, 5) is 0. The molecule has 1 aromatic rings. The largest absolute Gasteiger partial charge is 0.497 e. The smallest absolute Gasteiger partial charge is 0.181 e. The Balaban J connectivity index is 2.83. The van der Waals surface area contributed by atoms with Crippen LogP contribution in [0.15, 0.2) is 18.2 Å². The van der Waals surface area contributed by atoms with Crippen molar-refractivity contribution in [3.05, 3.63) is 23.8 Å². The molecular weight excluding hydrogens is 228 g/mol. The summed E-state index contributed by atoms with van der Waals surface area (Å²) in [5, 5.41) is 12.1. The maximum atomic E-state index is 8.79. The van der Waals surface area contributed by atoms with Crippen LogP contribution in [0.1, 0.15) is 25.8 Å².